The lowest BCUT2D eigenvalue weighted by Gasteiger charge is -2.34. The van der Waals surface area contributed by atoms with E-state index in [4.69, 9.17) is 0 Å². The van der Waals surface area contributed by atoms with Crippen molar-refractivity contribution >= 4 is 0 Å². The normalized spacial score (nSPS) is 18.9. The second-order valence-corrected chi connectivity index (χ2v) is 5.48. The lowest BCUT2D eigenvalue weighted by atomic mass is 9.98. The Morgan fingerprint density at radius 3 is 2.33 bits per heavy atom. The van der Waals surface area contributed by atoms with Crippen molar-refractivity contribution in [2.24, 2.45) is 0 Å². The number of nitrogens with one attached hydrogen (secondary N) is 1. The van der Waals surface area contributed by atoms with Crippen molar-refractivity contribution in [2.45, 2.75) is 51.7 Å². The van der Waals surface area contributed by atoms with Crippen molar-refractivity contribution in [2.75, 3.05) is 13.6 Å². The van der Waals surface area contributed by atoms with Gasteiger partial charge in [0.25, 0.3) is 0 Å². The molecule has 0 aliphatic heterocycles. The Balaban J connectivity index is 2.13. The van der Waals surface area contributed by atoms with Gasteiger partial charge in [-0.1, -0.05) is 36.8 Å². The third-order valence-corrected chi connectivity index (χ3v) is 4.13. The molecule has 1 aliphatic carbocycles. The molecule has 1 aliphatic rings. The lowest BCUT2D eigenvalue weighted by Crippen LogP contribution is -2.43. The van der Waals surface area contributed by atoms with Gasteiger partial charge in [0.2, 0.25) is 0 Å². The fourth-order valence-corrected chi connectivity index (χ4v) is 2.94. The molecule has 2 nitrogen and oxygen atoms in total. The fraction of sp³-hybridized carbons (Fsp3) is 0.625. The summed E-state index contributed by atoms with van der Waals surface area (Å²) in [5.41, 5.74) is 2.73. The van der Waals surface area contributed by atoms with Gasteiger partial charge < -0.3 is 5.32 Å². The smallest absolute Gasteiger partial charge is 0.0473 e. The van der Waals surface area contributed by atoms with E-state index in [1.165, 1.54) is 24.0 Å². The van der Waals surface area contributed by atoms with Gasteiger partial charge in [0, 0.05) is 18.1 Å². The molecule has 0 spiro atoms. The van der Waals surface area contributed by atoms with E-state index in [1.807, 2.05) is 0 Å². The predicted molar refractivity (Wildman–Crippen MR) is 77.8 cm³/mol. The molecular formula is C16H26N2. The molecule has 0 saturated heterocycles. The van der Waals surface area contributed by atoms with Gasteiger partial charge in [-0.25, -0.2) is 0 Å². The molecule has 1 saturated carbocycles. The van der Waals surface area contributed by atoms with E-state index < -0.39 is 0 Å². The quantitative estimate of drug-likeness (QED) is 0.829. The fourth-order valence-electron chi connectivity index (χ4n) is 2.94. The minimum atomic E-state index is 0.422. The molecule has 2 rings (SSSR count). The summed E-state index contributed by atoms with van der Waals surface area (Å²) in [5, 5.41) is 3.49. The highest BCUT2D eigenvalue weighted by atomic mass is 15.2. The SMILES string of the molecule is CCN(C1CC1)C(C)C(NC)c1ccc(C)cc1. The molecule has 1 aromatic carbocycles. The maximum absolute atomic E-state index is 3.49. The third kappa shape index (κ3) is 2.93. The summed E-state index contributed by atoms with van der Waals surface area (Å²) in [7, 11) is 2.07. The summed E-state index contributed by atoms with van der Waals surface area (Å²) in [6, 6.07) is 10.7. The van der Waals surface area contributed by atoms with E-state index in [0.29, 0.717) is 12.1 Å². The maximum atomic E-state index is 3.49. The number of likely N-dealkylation sites (N-methyl/N-ethyl adjacent to an activating group) is 2. The lowest BCUT2D eigenvalue weighted by molar-refractivity contribution is 0.172. The number of nitrogens with zero attached hydrogens (tertiary/aromatic N) is 1. The Labute approximate surface area is 111 Å². The molecule has 18 heavy (non-hydrogen) atoms. The first kappa shape index (κ1) is 13.6. The number of hydrogen-bond acceptors (Lipinski definition) is 2. The Bertz CT molecular complexity index is 367. The van der Waals surface area contributed by atoms with Crippen LogP contribution in [0.5, 0.6) is 0 Å². The summed E-state index contributed by atoms with van der Waals surface area (Å²) in [5.74, 6) is 0. The van der Waals surface area contributed by atoms with Crippen LogP contribution in [0.4, 0.5) is 0 Å². The monoisotopic (exact) mass is 246 g/mol. The number of rotatable bonds is 6. The minimum absolute atomic E-state index is 0.422. The van der Waals surface area contributed by atoms with Crippen LogP contribution < -0.4 is 5.32 Å². The van der Waals surface area contributed by atoms with Gasteiger partial charge in [0.1, 0.15) is 0 Å². The van der Waals surface area contributed by atoms with Crippen LogP contribution in [0.25, 0.3) is 0 Å². The van der Waals surface area contributed by atoms with Crippen molar-refractivity contribution in [1.82, 2.24) is 10.2 Å². The van der Waals surface area contributed by atoms with Crippen LogP contribution in [0.15, 0.2) is 24.3 Å². The average Bonchev–Trinajstić information content (AvgIpc) is 3.18. The highest BCUT2D eigenvalue weighted by Gasteiger charge is 2.34. The van der Waals surface area contributed by atoms with Crippen LogP contribution in [-0.4, -0.2) is 30.6 Å². The number of hydrogen-bond donors (Lipinski definition) is 1. The van der Waals surface area contributed by atoms with Gasteiger partial charge in [-0.15, -0.1) is 0 Å². The van der Waals surface area contributed by atoms with E-state index in [-0.39, 0.29) is 0 Å². The topological polar surface area (TPSA) is 15.3 Å². The Kier molecular flexibility index (Phi) is 4.41. The maximum Gasteiger partial charge on any atom is 0.0473 e. The molecule has 0 heterocycles. The third-order valence-electron chi connectivity index (χ3n) is 4.13. The second kappa shape index (κ2) is 5.85. The first-order valence-electron chi connectivity index (χ1n) is 7.17. The van der Waals surface area contributed by atoms with Crippen LogP contribution in [-0.2, 0) is 0 Å². The van der Waals surface area contributed by atoms with Crippen molar-refractivity contribution in [1.29, 1.82) is 0 Å². The van der Waals surface area contributed by atoms with Crippen LogP contribution in [0, 0.1) is 6.92 Å². The van der Waals surface area contributed by atoms with Crippen molar-refractivity contribution < 1.29 is 0 Å². The largest absolute Gasteiger partial charge is 0.312 e. The molecule has 1 N–H and O–H groups in total. The number of benzene rings is 1. The Morgan fingerprint density at radius 1 is 1.28 bits per heavy atom. The summed E-state index contributed by atoms with van der Waals surface area (Å²) in [6.45, 7) is 7.92. The van der Waals surface area contributed by atoms with Gasteiger partial charge in [0.15, 0.2) is 0 Å². The molecule has 100 valence electrons. The first-order valence-corrected chi connectivity index (χ1v) is 7.17. The van der Waals surface area contributed by atoms with E-state index >= 15 is 0 Å². The van der Waals surface area contributed by atoms with Gasteiger partial charge in [-0.2, -0.15) is 0 Å². The first-order chi connectivity index (χ1) is 8.67. The highest BCUT2D eigenvalue weighted by molar-refractivity contribution is 5.25. The predicted octanol–water partition coefficient (Wildman–Crippen LogP) is 3.13. The van der Waals surface area contributed by atoms with Gasteiger partial charge in [-0.3, -0.25) is 4.90 Å². The van der Waals surface area contributed by atoms with Crippen LogP contribution >= 0.6 is 0 Å². The molecule has 0 aromatic heterocycles. The molecule has 2 unspecified atom stereocenters. The van der Waals surface area contributed by atoms with E-state index in [1.54, 1.807) is 0 Å². The van der Waals surface area contributed by atoms with Gasteiger partial charge in [-0.05, 0) is 45.8 Å². The molecule has 0 radical (unpaired) electrons. The van der Waals surface area contributed by atoms with Crippen LogP contribution in [0.3, 0.4) is 0 Å². The Hall–Kier alpha value is -0.860. The Morgan fingerprint density at radius 2 is 1.89 bits per heavy atom. The second-order valence-electron chi connectivity index (χ2n) is 5.48. The van der Waals surface area contributed by atoms with E-state index in [2.05, 4.69) is 62.3 Å². The van der Waals surface area contributed by atoms with E-state index in [9.17, 15) is 0 Å². The van der Waals surface area contributed by atoms with Crippen molar-refractivity contribution in [3.63, 3.8) is 0 Å². The molecule has 1 aromatic rings. The van der Waals surface area contributed by atoms with Crippen LogP contribution in [0.1, 0.15) is 43.9 Å². The summed E-state index contributed by atoms with van der Waals surface area (Å²) < 4.78 is 0. The molecule has 2 heteroatoms. The van der Waals surface area contributed by atoms with Gasteiger partial charge >= 0.3 is 0 Å². The van der Waals surface area contributed by atoms with Crippen molar-refractivity contribution in [3.8, 4) is 0 Å². The van der Waals surface area contributed by atoms with E-state index in [0.717, 1.165) is 12.6 Å². The van der Waals surface area contributed by atoms with Crippen LogP contribution in [0.2, 0.25) is 0 Å². The molecule has 0 amide bonds. The summed E-state index contributed by atoms with van der Waals surface area (Å²) >= 11 is 0. The molecule has 0 bridgehead atoms. The number of aryl methyl sites for hydroxylation is 1. The standard InChI is InChI=1S/C16H26N2/c1-5-18(15-10-11-15)13(3)16(17-4)14-8-6-12(2)7-9-14/h6-9,13,15-17H,5,10-11H2,1-4H3. The zero-order valence-electron chi connectivity index (χ0n) is 12.1. The zero-order valence-corrected chi connectivity index (χ0v) is 12.1. The van der Waals surface area contributed by atoms with Gasteiger partial charge in [0.05, 0.1) is 0 Å². The minimum Gasteiger partial charge on any atom is -0.312 e. The molecule has 1 fully saturated rings. The van der Waals surface area contributed by atoms with Crippen molar-refractivity contribution in [3.05, 3.63) is 35.4 Å². The average molecular weight is 246 g/mol. The summed E-state index contributed by atoms with van der Waals surface area (Å²) in [6.07, 6.45) is 2.75. The zero-order chi connectivity index (χ0) is 13.1. The molecular weight excluding hydrogens is 220 g/mol. The highest BCUT2D eigenvalue weighted by Crippen LogP contribution is 2.32. The summed E-state index contributed by atoms with van der Waals surface area (Å²) in [4.78, 5) is 2.64. The molecule has 2 atom stereocenters.